The van der Waals surface area contributed by atoms with Crippen molar-refractivity contribution in [3.8, 4) is 0 Å². The van der Waals surface area contributed by atoms with Crippen molar-refractivity contribution in [3.05, 3.63) is 17.7 Å². The number of nitrogens with two attached hydrogens (primary N) is 1. The number of nitrogens with zero attached hydrogens (tertiary/aromatic N) is 2. The maximum atomic E-state index is 5.76. The monoisotopic (exact) mass is 191 g/mol. The first-order chi connectivity index (χ1) is 6.76. The fraction of sp³-hybridized carbons (Fsp3) is 0.400. The molecule has 2 heterocycles. The Morgan fingerprint density at radius 2 is 2.07 bits per heavy atom. The van der Waals surface area contributed by atoms with Crippen molar-refractivity contribution >= 4 is 16.9 Å². The number of anilines is 1. The van der Waals surface area contributed by atoms with Gasteiger partial charge in [-0.05, 0) is 6.42 Å². The van der Waals surface area contributed by atoms with Crippen LogP contribution in [-0.4, -0.2) is 9.97 Å². The van der Waals surface area contributed by atoms with Gasteiger partial charge in [0.05, 0.1) is 6.26 Å². The van der Waals surface area contributed by atoms with Crippen LogP contribution in [0.5, 0.6) is 0 Å². The van der Waals surface area contributed by atoms with Crippen LogP contribution in [0, 0.1) is 0 Å². The number of hydrogen-bond acceptors (Lipinski definition) is 4. The molecule has 0 aliphatic rings. The van der Waals surface area contributed by atoms with Gasteiger partial charge in [0, 0.05) is 12.0 Å². The quantitative estimate of drug-likeness (QED) is 0.787. The molecule has 0 spiro atoms. The van der Waals surface area contributed by atoms with Crippen LogP contribution >= 0.6 is 0 Å². The van der Waals surface area contributed by atoms with Crippen molar-refractivity contribution in [2.75, 3.05) is 5.73 Å². The van der Waals surface area contributed by atoms with Crippen LogP contribution in [0.2, 0.25) is 0 Å². The lowest BCUT2D eigenvalue weighted by Crippen LogP contribution is -1.99. The second-order valence-electron chi connectivity index (χ2n) is 3.17. The van der Waals surface area contributed by atoms with Crippen LogP contribution in [0.25, 0.3) is 11.1 Å². The molecule has 2 N–H and O–H groups in total. The van der Waals surface area contributed by atoms with E-state index < -0.39 is 0 Å². The molecule has 2 rings (SSSR count). The van der Waals surface area contributed by atoms with E-state index in [0.29, 0.717) is 11.4 Å². The summed E-state index contributed by atoms with van der Waals surface area (Å²) in [6.07, 6.45) is 3.39. The Morgan fingerprint density at radius 1 is 1.29 bits per heavy atom. The summed E-state index contributed by atoms with van der Waals surface area (Å²) in [5.41, 5.74) is 8.31. The minimum atomic E-state index is 0.437. The molecule has 0 amide bonds. The average molecular weight is 191 g/mol. The Labute approximate surface area is 82.1 Å². The van der Waals surface area contributed by atoms with Gasteiger partial charge in [0.25, 0.3) is 0 Å². The number of aryl methyl sites for hydroxylation is 2. The van der Waals surface area contributed by atoms with Gasteiger partial charge in [0.1, 0.15) is 11.3 Å². The van der Waals surface area contributed by atoms with E-state index in [1.54, 1.807) is 6.26 Å². The molecule has 0 radical (unpaired) electrons. The van der Waals surface area contributed by atoms with Crippen LogP contribution in [0.1, 0.15) is 25.2 Å². The van der Waals surface area contributed by atoms with Crippen molar-refractivity contribution in [2.45, 2.75) is 26.7 Å². The molecule has 4 heteroatoms. The Kier molecular flexibility index (Phi) is 2.11. The third-order valence-electron chi connectivity index (χ3n) is 2.26. The van der Waals surface area contributed by atoms with E-state index in [0.717, 1.165) is 29.7 Å². The van der Waals surface area contributed by atoms with Crippen LogP contribution in [0.4, 0.5) is 5.82 Å². The van der Waals surface area contributed by atoms with Crippen molar-refractivity contribution < 1.29 is 4.42 Å². The lowest BCUT2D eigenvalue weighted by molar-refractivity contribution is 0.610. The van der Waals surface area contributed by atoms with E-state index >= 15 is 0 Å². The maximum Gasteiger partial charge on any atom is 0.194 e. The Hall–Kier alpha value is -1.58. The summed E-state index contributed by atoms with van der Waals surface area (Å²) in [6.45, 7) is 4.07. The molecule has 2 aromatic rings. The topological polar surface area (TPSA) is 64.9 Å². The summed E-state index contributed by atoms with van der Waals surface area (Å²) in [5.74, 6) is 1.21. The number of rotatable bonds is 2. The van der Waals surface area contributed by atoms with E-state index in [1.165, 1.54) is 0 Å². The molecule has 0 bridgehead atoms. The highest BCUT2D eigenvalue weighted by Crippen LogP contribution is 2.23. The minimum Gasteiger partial charge on any atom is -0.458 e. The zero-order valence-electron chi connectivity index (χ0n) is 8.37. The molecule has 0 unspecified atom stereocenters. The zero-order chi connectivity index (χ0) is 10.1. The van der Waals surface area contributed by atoms with Gasteiger partial charge in [0.2, 0.25) is 0 Å². The van der Waals surface area contributed by atoms with Crippen molar-refractivity contribution in [1.29, 1.82) is 0 Å². The molecule has 0 aliphatic carbocycles. The van der Waals surface area contributed by atoms with Gasteiger partial charge >= 0.3 is 0 Å². The van der Waals surface area contributed by atoms with Gasteiger partial charge in [-0.1, -0.05) is 13.8 Å². The van der Waals surface area contributed by atoms with Gasteiger partial charge < -0.3 is 10.2 Å². The number of fused-ring (bicyclic) bond motifs is 1. The highest BCUT2D eigenvalue weighted by atomic mass is 16.3. The molecular formula is C10H13N3O. The van der Waals surface area contributed by atoms with Crippen molar-refractivity contribution in [1.82, 2.24) is 9.97 Å². The minimum absolute atomic E-state index is 0.437. The molecular weight excluding hydrogens is 178 g/mol. The van der Waals surface area contributed by atoms with Crippen LogP contribution in [0.3, 0.4) is 0 Å². The Morgan fingerprint density at radius 3 is 2.71 bits per heavy atom. The summed E-state index contributed by atoms with van der Waals surface area (Å²) in [4.78, 5) is 8.54. The van der Waals surface area contributed by atoms with E-state index in [-0.39, 0.29) is 0 Å². The van der Waals surface area contributed by atoms with Crippen molar-refractivity contribution in [2.24, 2.45) is 0 Å². The molecule has 0 aromatic carbocycles. The van der Waals surface area contributed by atoms with Gasteiger partial charge in [-0.3, -0.25) is 0 Å². The van der Waals surface area contributed by atoms with Crippen molar-refractivity contribution in [3.63, 3.8) is 0 Å². The number of nitrogen functional groups attached to an aromatic ring is 1. The highest BCUT2D eigenvalue weighted by Gasteiger charge is 2.11. The van der Waals surface area contributed by atoms with E-state index in [1.807, 2.05) is 6.92 Å². The summed E-state index contributed by atoms with van der Waals surface area (Å²) in [7, 11) is 0. The number of aromatic nitrogens is 2. The first-order valence-electron chi connectivity index (χ1n) is 4.78. The predicted molar refractivity (Wildman–Crippen MR) is 55.0 cm³/mol. The summed E-state index contributed by atoms with van der Waals surface area (Å²) >= 11 is 0. The second kappa shape index (κ2) is 3.29. The van der Waals surface area contributed by atoms with E-state index in [4.69, 9.17) is 10.2 Å². The number of furan rings is 1. The third kappa shape index (κ3) is 1.23. The number of hydrogen-bond donors (Lipinski definition) is 1. The third-order valence-corrected chi connectivity index (χ3v) is 2.26. The second-order valence-corrected chi connectivity index (χ2v) is 3.17. The molecule has 74 valence electrons. The summed E-state index contributed by atoms with van der Waals surface area (Å²) in [5, 5.41) is 0. The zero-order valence-corrected chi connectivity index (χ0v) is 8.37. The van der Waals surface area contributed by atoms with Gasteiger partial charge in [-0.25, -0.2) is 9.97 Å². The lowest BCUT2D eigenvalue weighted by Gasteiger charge is -1.98. The first-order valence-corrected chi connectivity index (χ1v) is 4.78. The SMILES string of the molecule is CCc1nc(N)c2occ(CC)c2n1. The molecule has 0 fully saturated rings. The first kappa shape index (κ1) is 8.99. The maximum absolute atomic E-state index is 5.76. The predicted octanol–water partition coefficient (Wildman–Crippen LogP) is 1.93. The molecule has 4 nitrogen and oxygen atoms in total. The van der Waals surface area contributed by atoms with E-state index in [9.17, 15) is 0 Å². The van der Waals surface area contributed by atoms with E-state index in [2.05, 4.69) is 16.9 Å². The standard InChI is InChI=1S/C10H13N3O/c1-3-6-5-14-9-8(6)12-7(4-2)13-10(9)11/h5H,3-4H2,1-2H3,(H2,11,12,13). The molecule has 2 aromatic heterocycles. The Bertz CT molecular complexity index is 462. The Balaban J connectivity index is 2.73. The van der Waals surface area contributed by atoms with Crippen LogP contribution in [0.15, 0.2) is 10.7 Å². The average Bonchev–Trinajstić information content (AvgIpc) is 2.61. The molecule has 0 saturated heterocycles. The largest absolute Gasteiger partial charge is 0.458 e. The molecule has 0 aliphatic heterocycles. The van der Waals surface area contributed by atoms with Crippen LogP contribution < -0.4 is 5.73 Å². The lowest BCUT2D eigenvalue weighted by atomic mass is 10.2. The normalized spacial score (nSPS) is 11.0. The highest BCUT2D eigenvalue weighted by molar-refractivity contribution is 5.84. The summed E-state index contributed by atoms with van der Waals surface area (Å²) in [6, 6.07) is 0. The molecule has 0 saturated carbocycles. The summed E-state index contributed by atoms with van der Waals surface area (Å²) < 4.78 is 5.32. The fourth-order valence-electron chi connectivity index (χ4n) is 1.44. The van der Waals surface area contributed by atoms with Gasteiger partial charge in [-0.15, -0.1) is 0 Å². The molecule has 0 atom stereocenters. The van der Waals surface area contributed by atoms with Gasteiger partial charge in [0.15, 0.2) is 11.4 Å². The van der Waals surface area contributed by atoms with Gasteiger partial charge in [-0.2, -0.15) is 0 Å². The van der Waals surface area contributed by atoms with Crippen LogP contribution in [-0.2, 0) is 12.8 Å². The molecule has 14 heavy (non-hydrogen) atoms. The fourth-order valence-corrected chi connectivity index (χ4v) is 1.44. The smallest absolute Gasteiger partial charge is 0.194 e.